The third-order valence-electron chi connectivity index (χ3n) is 4.68. The summed E-state index contributed by atoms with van der Waals surface area (Å²) in [6, 6.07) is 4.47. The number of anilines is 1. The van der Waals surface area contributed by atoms with E-state index in [4.69, 9.17) is 10.1 Å². The Morgan fingerprint density at radius 2 is 2.08 bits per heavy atom. The monoisotopic (exact) mass is 341 g/mol. The summed E-state index contributed by atoms with van der Waals surface area (Å²) in [5.74, 6) is 0. The highest BCUT2D eigenvalue weighted by molar-refractivity contribution is 7.20. The zero-order valence-corrected chi connectivity index (χ0v) is 15.6. The molecule has 0 amide bonds. The lowest BCUT2D eigenvalue weighted by Crippen LogP contribution is -2.55. The summed E-state index contributed by atoms with van der Waals surface area (Å²) in [6.45, 7) is 12.1. The van der Waals surface area contributed by atoms with Crippen LogP contribution >= 0.6 is 11.3 Å². The summed E-state index contributed by atoms with van der Waals surface area (Å²) in [4.78, 5) is 12.4. The highest BCUT2D eigenvalue weighted by Crippen LogP contribution is 2.51. The van der Waals surface area contributed by atoms with Gasteiger partial charge in [-0.3, -0.25) is 4.98 Å². The third-order valence-corrected chi connectivity index (χ3v) is 5.64. The molecule has 1 aliphatic heterocycles. The highest BCUT2D eigenvalue weighted by atomic mass is 32.1. The molecule has 0 radical (unpaired) electrons. The number of aromatic nitrogens is 4. The fourth-order valence-corrected chi connectivity index (χ4v) is 4.35. The molecular formula is C18H23N5S. The molecule has 1 fully saturated rings. The number of pyridine rings is 1. The Hall–Kier alpha value is -1.95. The van der Waals surface area contributed by atoms with Gasteiger partial charge in [-0.15, -0.1) is 5.10 Å². The van der Waals surface area contributed by atoms with E-state index in [0.717, 1.165) is 22.3 Å². The van der Waals surface area contributed by atoms with Crippen LogP contribution in [0, 0.1) is 5.41 Å². The number of hydrogen-bond donors (Lipinski definition) is 0. The Morgan fingerprint density at radius 1 is 1.29 bits per heavy atom. The molecular weight excluding hydrogens is 318 g/mol. The van der Waals surface area contributed by atoms with E-state index in [1.54, 1.807) is 11.3 Å². The van der Waals surface area contributed by atoms with Crippen LogP contribution in [0.25, 0.3) is 4.96 Å². The van der Waals surface area contributed by atoms with Crippen molar-refractivity contribution in [1.29, 1.82) is 0 Å². The molecule has 0 bridgehead atoms. The van der Waals surface area contributed by atoms with E-state index in [0.29, 0.717) is 6.04 Å². The molecule has 5 nitrogen and oxygen atoms in total. The number of imidazole rings is 1. The molecule has 1 atom stereocenters. The van der Waals surface area contributed by atoms with Crippen LogP contribution in [0.15, 0.2) is 30.7 Å². The van der Waals surface area contributed by atoms with E-state index < -0.39 is 0 Å². The van der Waals surface area contributed by atoms with Crippen LogP contribution in [0.2, 0.25) is 0 Å². The highest BCUT2D eigenvalue weighted by Gasteiger charge is 2.48. The van der Waals surface area contributed by atoms with Gasteiger partial charge < -0.3 is 4.90 Å². The van der Waals surface area contributed by atoms with Gasteiger partial charge in [0.1, 0.15) is 0 Å². The van der Waals surface area contributed by atoms with Crippen molar-refractivity contribution in [3.63, 3.8) is 0 Å². The maximum absolute atomic E-state index is 4.79. The lowest BCUT2D eigenvalue weighted by atomic mass is 9.72. The molecule has 126 valence electrons. The summed E-state index contributed by atoms with van der Waals surface area (Å²) in [6.07, 6.45) is 5.85. The number of hydrogen-bond acceptors (Lipinski definition) is 5. The van der Waals surface area contributed by atoms with E-state index in [-0.39, 0.29) is 10.8 Å². The largest absolute Gasteiger partial charge is 0.338 e. The lowest BCUT2D eigenvalue weighted by Gasteiger charge is -2.54. The zero-order chi connectivity index (χ0) is 17.1. The Labute approximate surface area is 146 Å². The molecule has 0 aliphatic carbocycles. The average Bonchev–Trinajstić information content (AvgIpc) is 3.04. The SMILES string of the molecule is CC(C)(C)c1cn2nc(N3CC(C)(C)[C@@H]3c3cccnc3)sc2n1. The van der Waals surface area contributed by atoms with Crippen LogP contribution in [0.5, 0.6) is 0 Å². The van der Waals surface area contributed by atoms with Crippen molar-refractivity contribution in [3.8, 4) is 0 Å². The molecule has 1 saturated heterocycles. The molecule has 3 aromatic heterocycles. The average molecular weight is 341 g/mol. The van der Waals surface area contributed by atoms with Crippen molar-refractivity contribution >= 4 is 21.4 Å². The van der Waals surface area contributed by atoms with Crippen molar-refractivity contribution in [2.45, 2.75) is 46.1 Å². The number of nitrogens with zero attached hydrogens (tertiary/aromatic N) is 5. The van der Waals surface area contributed by atoms with Gasteiger partial charge in [0.25, 0.3) is 0 Å². The summed E-state index contributed by atoms with van der Waals surface area (Å²) in [5, 5.41) is 5.82. The maximum Gasteiger partial charge on any atom is 0.214 e. The molecule has 3 aromatic rings. The molecule has 6 heteroatoms. The van der Waals surface area contributed by atoms with Gasteiger partial charge in [0.05, 0.1) is 17.9 Å². The summed E-state index contributed by atoms with van der Waals surface area (Å²) >= 11 is 1.66. The minimum atomic E-state index is 0.0462. The van der Waals surface area contributed by atoms with Crippen LogP contribution in [-0.2, 0) is 5.41 Å². The van der Waals surface area contributed by atoms with Crippen molar-refractivity contribution in [2.75, 3.05) is 11.4 Å². The van der Waals surface area contributed by atoms with Crippen molar-refractivity contribution in [2.24, 2.45) is 5.41 Å². The maximum atomic E-state index is 4.79. The number of fused-ring (bicyclic) bond motifs is 1. The van der Waals surface area contributed by atoms with Gasteiger partial charge in [0.2, 0.25) is 10.1 Å². The van der Waals surface area contributed by atoms with Gasteiger partial charge in [-0.25, -0.2) is 9.50 Å². The smallest absolute Gasteiger partial charge is 0.214 e. The van der Waals surface area contributed by atoms with Gasteiger partial charge in [-0.05, 0) is 11.6 Å². The molecule has 0 N–H and O–H groups in total. The Balaban J connectivity index is 1.68. The topological polar surface area (TPSA) is 46.3 Å². The first-order valence-electron chi connectivity index (χ1n) is 8.29. The van der Waals surface area contributed by atoms with Gasteiger partial charge in [0.15, 0.2) is 0 Å². The zero-order valence-electron chi connectivity index (χ0n) is 14.8. The van der Waals surface area contributed by atoms with E-state index in [9.17, 15) is 0 Å². The minimum absolute atomic E-state index is 0.0462. The first-order chi connectivity index (χ1) is 11.3. The van der Waals surface area contributed by atoms with Crippen LogP contribution in [0.3, 0.4) is 0 Å². The molecule has 0 spiro atoms. The summed E-state index contributed by atoms with van der Waals surface area (Å²) < 4.78 is 1.92. The fraction of sp³-hybridized carbons (Fsp3) is 0.500. The Bertz CT molecular complexity index is 840. The lowest BCUT2D eigenvalue weighted by molar-refractivity contribution is 0.179. The first kappa shape index (κ1) is 15.6. The normalized spacial score (nSPS) is 20.4. The second kappa shape index (κ2) is 5.02. The second-order valence-corrected chi connectivity index (χ2v) is 9.23. The van der Waals surface area contributed by atoms with Crippen molar-refractivity contribution in [3.05, 3.63) is 42.0 Å². The van der Waals surface area contributed by atoms with Crippen LogP contribution < -0.4 is 4.90 Å². The molecule has 1 aliphatic rings. The number of rotatable bonds is 2. The van der Waals surface area contributed by atoms with E-state index in [2.05, 4.69) is 56.8 Å². The predicted octanol–water partition coefficient (Wildman–Crippen LogP) is 4.07. The first-order valence-corrected chi connectivity index (χ1v) is 9.11. The van der Waals surface area contributed by atoms with Gasteiger partial charge in [-0.2, -0.15) is 0 Å². The van der Waals surface area contributed by atoms with Gasteiger partial charge in [0, 0.05) is 29.8 Å². The molecule has 0 unspecified atom stereocenters. The van der Waals surface area contributed by atoms with Crippen LogP contribution in [-0.4, -0.2) is 26.1 Å². The van der Waals surface area contributed by atoms with Gasteiger partial charge >= 0.3 is 0 Å². The summed E-state index contributed by atoms with van der Waals surface area (Å²) in [5.41, 5.74) is 2.59. The standard InChI is InChI=1S/C18H23N5S/c1-17(2,3)13-10-23-15(20-13)24-16(21-23)22-11-18(4,5)14(22)12-7-6-8-19-9-12/h6-10,14H,11H2,1-5H3/t14-/m0/s1. The van der Waals surface area contributed by atoms with E-state index in [1.165, 1.54) is 5.56 Å². The molecule has 0 aromatic carbocycles. The molecule has 4 rings (SSSR count). The molecule has 4 heterocycles. The van der Waals surface area contributed by atoms with E-state index >= 15 is 0 Å². The molecule has 24 heavy (non-hydrogen) atoms. The van der Waals surface area contributed by atoms with Crippen molar-refractivity contribution < 1.29 is 0 Å². The minimum Gasteiger partial charge on any atom is -0.338 e. The quantitative estimate of drug-likeness (QED) is 0.705. The second-order valence-electron chi connectivity index (χ2n) is 8.29. The predicted molar refractivity (Wildman–Crippen MR) is 97.7 cm³/mol. The Kier molecular flexibility index (Phi) is 3.26. The molecule has 0 saturated carbocycles. The van der Waals surface area contributed by atoms with E-state index in [1.807, 2.05) is 23.0 Å². The fourth-order valence-electron chi connectivity index (χ4n) is 3.44. The van der Waals surface area contributed by atoms with Gasteiger partial charge in [-0.1, -0.05) is 52.0 Å². The van der Waals surface area contributed by atoms with Crippen LogP contribution in [0.1, 0.15) is 51.9 Å². The van der Waals surface area contributed by atoms with Crippen LogP contribution in [0.4, 0.5) is 5.13 Å². The van der Waals surface area contributed by atoms with Crippen molar-refractivity contribution in [1.82, 2.24) is 19.6 Å². The Morgan fingerprint density at radius 3 is 2.67 bits per heavy atom. The third kappa shape index (κ3) is 2.40. The summed E-state index contributed by atoms with van der Waals surface area (Å²) in [7, 11) is 0.